The molecule has 5 heterocycles. The predicted octanol–water partition coefficient (Wildman–Crippen LogP) is 2.48. The molecule has 2 N–H and O–H groups in total. The minimum Gasteiger partial charge on any atom is -0.392 e. The molecule has 5 fully saturated rings. The van der Waals surface area contributed by atoms with Crippen LogP contribution in [0.5, 0.6) is 0 Å². The zero-order chi connectivity index (χ0) is 18.7. The standard InChI is InChI=1S/C23H33N2O2/c1-4-10-25-17-11-14(13(5-2)22(25)27)19-18(25)12-23(21(19)26)15-8-6-7-9-16(15)24(3)20(17)23/h6-9,13-14,17-22,26-27H,4-5,10-12H2,1-3H3/q+1/t13-,14-,17?,18-,19?,20-,21?,22+,23+,25?/m0/s1. The van der Waals surface area contributed by atoms with Gasteiger partial charge >= 0.3 is 0 Å². The number of piperidine rings is 4. The Kier molecular flexibility index (Phi) is 3.17. The number of aliphatic hydroxyl groups is 2. The summed E-state index contributed by atoms with van der Waals surface area (Å²) in [6.45, 7) is 5.56. The Bertz CT molecular complexity index is 798. The second-order valence-corrected chi connectivity index (χ2v) is 10.1. The number of quaternary nitrogens is 1. The highest BCUT2D eigenvalue weighted by molar-refractivity contribution is 5.66. The molecule has 0 amide bonds. The Morgan fingerprint density at radius 3 is 2.70 bits per heavy atom. The summed E-state index contributed by atoms with van der Waals surface area (Å²) in [5.41, 5.74) is 2.56. The fraction of sp³-hybridized carbons (Fsp3) is 0.739. The number of hydrogen-bond donors (Lipinski definition) is 2. The lowest BCUT2D eigenvalue weighted by Gasteiger charge is -2.68. The van der Waals surface area contributed by atoms with E-state index in [-0.39, 0.29) is 17.7 Å². The zero-order valence-corrected chi connectivity index (χ0v) is 16.8. The maximum atomic E-state index is 11.9. The van der Waals surface area contributed by atoms with Crippen LogP contribution >= 0.6 is 0 Å². The third kappa shape index (κ3) is 1.51. The van der Waals surface area contributed by atoms with Crippen molar-refractivity contribution < 1.29 is 14.7 Å². The van der Waals surface area contributed by atoms with Crippen LogP contribution in [0.1, 0.15) is 45.1 Å². The maximum absolute atomic E-state index is 11.9. The molecule has 1 aromatic rings. The molecule has 4 saturated heterocycles. The van der Waals surface area contributed by atoms with Crippen molar-refractivity contribution in [1.82, 2.24) is 0 Å². The van der Waals surface area contributed by atoms with Crippen molar-refractivity contribution in [2.24, 2.45) is 17.8 Å². The molecule has 1 aliphatic carbocycles. The highest BCUT2D eigenvalue weighted by atomic mass is 16.3. The summed E-state index contributed by atoms with van der Waals surface area (Å²) >= 11 is 0. The first-order chi connectivity index (χ1) is 13.0. The van der Waals surface area contributed by atoms with Gasteiger partial charge in [0.2, 0.25) is 0 Å². The summed E-state index contributed by atoms with van der Waals surface area (Å²) < 4.78 is 0.873. The summed E-state index contributed by atoms with van der Waals surface area (Å²) in [5, 5.41) is 23.6. The van der Waals surface area contributed by atoms with Gasteiger partial charge in [0.1, 0.15) is 6.04 Å². The number of nitrogens with zero attached hydrogens (tertiary/aromatic N) is 2. The molecule has 7 rings (SSSR count). The Morgan fingerprint density at radius 1 is 1.19 bits per heavy atom. The Morgan fingerprint density at radius 2 is 1.96 bits per heavy atom. The van der Waals surface area contributed by atoms with E-state index < -0.39 is 0 Å². The normalized spacial score (nSPS) is 53.7. The molecule has 1 spiro atoms. The van der Waals surface area contributed by atoms with Gasteiger partial charge in [-0.1, -0.05) is 32.0 Å². The number of fused-ring (bicyclic) bond motifs is 2. The van der Waals surface area contributed by atoms with Crippen LogP contribution in [0.15, 0.2) is 24.3 Å². The first-order valence-electron chi connectivity index (χ1n) is 11.1. The average Bonchev–Trinajstić information content (AvgIpc) is 3.06. The molecule has 4 heteroatoms. The minimum absolute atomic E-state index is 0.127. The van der Waals surface area contributed by atoms with Crippen molar-refractivity contribution in [3.63, 3.8) is 0 Å². The largest absolute Gasteiger partial charge is 0.392 e. The van der Waals surface area contributed by atoms with E-state index in [1.165, 1.54) is 17.7 Å². The first kappa shape index (κ1) is 16.8. The number of para-hydroxylation sites is 1. The molecule has 10 atom stereocenters. The van der Waals surface area contributed by atoms with Crippen LogP contribution in [0.2, 0.25) is 0 Å². The molecule has 0 aromatic heterocycles. The maximum Gasteiger partial charge on any atom is 0.194 e. The van der Waals surface area contributed by atoms with Gasteiger partial charge in [-0.15, -0.1) is 0 Å². The Labute approximate surface area is 162 Å². The van der Waals surface area contributed by atoms with Gasteiger partial charge in [-0.2, -0.15) is 0 Å². The highest BCUT2D eigenvalue weighted by Gasteiger charge is 2.82. The Hall–Kier alpha value is -1.10. The molecule has 4 unspecified atom stereocenters. The fourth-order valence-corrected chi connectivity index (χ4v) is 9.23. The van der Waals surface area contributed by atoms with Gasteiger partial charge in [-0.3, -0.25) is 4.48 Å². The Balaban J connectivity index is 1.62. The molecule has 27 heavy (non-hydrogen) atoms. The minimum atomic E-state index is -0.271. The van der Waals surface area contributed by atoms with Crippen molar-refractivity contribution in [1.29, 1.82) is 0 Å². The van der Waals surface area contributed by atoms with Gasteiger partial charge in [0.15, 0.2) is 6.23 Å². The monoisotopic (exact) mass is 369 g/mol. The van der Waals surface area contributed by atoms with E-state index in [1.807, 2.05) is 0 Å². The smallest absolute Gasteiger partial charge is 0.194 e. The molecule has 4 nitrogen and oxygen atoms in total. The van der Waals surface area contributed by atoms with Gasteiger partial charge < -0.3 is 15.1 Å². The molecular weight excluding hydrogens is 336 g/mol. The van der Waals surface area contributed by atoms with E-state index in [0.717, 1.165) is 30.3 Å². The van der Waals surface area contributed by atoms with Crippen molar-refractivity contribution in [3.05, 3.63) is 29.8 Å². The van der Waals surface area contributed by atoms with Gasteiger partial charge in [0.05, 0.1) is 30.1 Å². The van der Waals surface area contributed by atoms with Gasteiger partial charge in [0.25, 0.3) is 0 Å². The molecular formula is C23H33N2O2+. The van der Waals surface area contributed by atoms with Crippen LogP contribution in [0.3, 0.4) is 0 Å². The van der Waals surface area contributed by atoms with Crippen LogP contribution in [0.4, 0.5) is 5.69 Å². The molecule has 146 valence electrons. The van der Waals surface area contributed by atoms with E-state index in [2.05, 4.69) is 50.1 Å². The number of aliphatic hydroxyl groups excluding tert-OH is 2. The van der Waals surface area contributed by atoms with E-state index in [4.69, 9.17) is 0 Å². The summed E-state index contributed by atoms with van der Waals surface area (Å²) in [7, 11) is 2.23. The molecule has 1 aromatic carbocycles. The van der Waals surface area contributed by atoms with Gasteiger partial charge in [0, 0.05) is 37.4 Å². The van der Waals surface area contributed by atoms with Crippen LogP contribution < -0.4 is 4.90 Å². The zero-order valence-electron chi connectivity index (χ0n) is 16.8. The van der Waals surface area contributed by atoms with Crippen molar-refractivity contribution in [2.75, 3.05) is 18.5 Å². The molecule has 6 aliphatic rings. The third-order valence-corrected chi connectivity index (χ3v) is 9.73. The van der Waals surface area contributed by atoms with Gasteiger partial charge in [-0.25, -0.2) is 0 Å². The predicted molar refractivity (Wildman–Crippen MR) is 105 cm³/mol. The summed E-state index contributed by atoms with van der Waals surface area (Å²) in [6.07, 6.45) is 3.84. The number of anilines is 1. The number of benzene rings is 1. The average molecular weight is 370 g/mol. The van der Waals surface area contributed by atoms with Crippen LogP contribution in [-0.4, -0.2) is 58.7 Å². The van der Waals surface area contributed by atoms with E-state index in [0.29, 0.717) is 35.9 Å². The van der Waals surface area contributed by atoms with Crippen molar-refractivity contribution in [2.45, 2.75) is 75.4 Å². The van der Waals surface area contributed by atoms with E-state index >= 15 is 0 Å². The number of rotatable bonds is 3. The lowest BCUT2D eigenvalue weighted by atomic mass is 9.60. The van der Waals surface area contributed by atoms with E-state index in [1.54, 1.807) is 0 Å². The molecule has 5 bridgehead atoms. The fourth-order valence-electron chi connectivity index (χ4n) is 9.23. The molecule has 5 aliphatic heterocycles. The topological polar surface area (TPSA) is 43.7 Å². The molecule has 1 saturated carbocycles. The highest BCUT2D eigenvalue weighted by Crippen LogP contribution is 2.71. The number of hydrogen-bond acceptors (Lipinski definition) is 3. The SMILES string of the molecule is CCC[N+]12C3C[C@H](C4C(O)[C@]5(C[C@@H]41)c1ccccc1N(C)[C@@H]35)[C@H](CC)[C@H]2O. The third-order valence-electron chi connectivity index (χ3n) is 9.73. The lowest BCUT2D eigenvalue weighted by molar-refractivity contribution is -1.04. The van der Waals surface area contributed by atoms with Crippen molar-refractivity contribution in [3.8, 4) is 0 Å². The van der Waals surface area contributed by atoms with Crippen molar-refractivity contribution >= 4 is 5.69 Å². The summed E-state index contributed by atoms with van der Waals surface area (Å²) in [6, 6.07) is 9.97. The van der Waals surface area contributed by atoms with Crippen LogP contribution in [-0.2, 0) is 5.41 Å². The quantitative estimate of drug-likeness (QED) is 0.805. The summed E-state index contributed by atoms with van der Waals surface area (Å²) in [4.78, 5) is 2.48. The van der Waals surface area contributed by atoms with Crippen LogP contribution in [0, 0.1) is 17.8 Å². The van der Waals surface area contributed by atoms with E-state index in [9.17, 15) is 10.2 Å². The second kappa shape index (κ2) is 5.08. The second-order valence-electron chi connectivity index (χ2n) is 10.1. The number of likely N-dealkylation sites (N-methyl/N-ethyl adjacent to an activating group) is 1. The molecule has 0 radical (unpaired) electrons. The first-order valence-corrected chi connectivity index (χ1v) is 11.1. The lowest BCUT2D eigenvalue weighted by Crippen LogP contribution is -2.83. The van der Waals surface area contributed by atoms with Gasteiger partial charge in [-0.05, 0) is 30.4 Å². The summed E-state index contributed by atoms with van der Waals surface area (Å²) in [5.74, 6) is 1.18. The van der Waals surface area contributed by atoms with Crippen LogP contribution in [0.25, 0.3) is 0 Å².